The summed E-state index contributed by atoms with van der Waals surface area (Å²) in [7, 11) is 0. The normalized spacial score (nSPS) is 16.7. The summed E-state index contributed by atoms with van der Waals surface area (Å²) < 4.78 is 0.726. The Bertz CT molecular complexity index is 406. The summed E-state index contributed by atoms with van der Waals surface area (Å²) >= 11 is 0. The molecule has 1 aliphatic rings. The van der Waals surface area contributed by atoms with Crippen LogP contribution in [0.1, 0.15) is 19.3 Å². The standard InChI is InChI=1S/C10H16N4O/c11-9-5-4-8(10(12)14(9)15)13-6-2-1-3-7-13/h4-5,11,15H,1-3,6-7,12H2. The number of rotatable bonds is 1. The Kier molecular flexibility index (Phi) is 2.53. The predicted molar refractivity (Wildman–Crippen MR) is 57.9 cm³/mol. The smallest absolute Gasteiger partial charge is 0.165 e. The van der Waals surface area contributed by atoms with E-state index in [4.69, 9.17) is 11.1 Å². The Morgan fingerprint density at radius 3 is 2.53 bits per heavy atom. The molecule has 0 radical (unpaired) electrons. The van der Waals surface area contributed by atoms with Crippen molar-refractivity contribution in [2.45, 2.75) is 19.3 Å². The van der Waals surface area contributed by atoms with E-state index >= 15 is 0 Å². The summed E-state index contributed by atoms with van der Waals surface area (Å²) in [4.78, 5) is 2.16. The number of anilines is 2. The minimum atomic E-state index is 0.00765. The molecule has 82 valence electrons. The molecule has 1 aliphatic heterocycles. The van der Waals surface area contributed by atoms with Crippen molar-refractivity contribution in [1.82, 2.24) is 4.73 Å². The zero-order valence-electron chi connectivity index (χ0n) is 8.61. The highest BCUT2D eigenvalue weighted by molar-refractivity contribution is 5.63. The maximum absolute atomic E-state index is 9.50. The maximum Gasteiger partial charge on any atom is 0.165 e. The van der Waals surface area contributed by atoms with E-state index in [1.54, 1.807) is 12.1 Å². The van der Waals surface area contributed by atoms with Gasteiger partial charge in [0, 0.05) is 13.1 Å². The third kappa shape index (κ3) is 1.77. The lowest BCUT2D eigenvalue weighted by Gasteiger charge is -2.29. The van der Waals surface area contributed by atoms with E-state index < -0.39 is 0 Å². The summed E-state index contributed by atoms with van der Waals surface area (Å²) in [6, 6.07) is 3.36. The first kappa shape index (κ1) is 9.89. The van der Waals surface area contributed by atoms with Crippen LogP contribution in [0.2, 0.25) is 0 Å². The van der Waals surface area contributed by atoms with Crippen LogP contribution in [0.4, 0.5) is 11.5 Å². The second-order valence-corrected chi connectivity index (χ2v) is 3.85. The van der Waals surface area contributed by atoms with E-state index in [1.807, 2.05) is 0 Å². The first-order chi connectivity index (χ1) is 7.20. The van der Waals surface area contributed by atoms with E-state index in [0.29, 0.717) is 0 Å². The molecule has 0 unspecified atom stereocenters. The van der Waals surface area contributed by atoms with Gasteiger partial charge in [0.1, 0.15) is 0 Å². The molecule has 0 aromatic carbocycles. The molecule has 0 aliphatic carbocycles. The number of nitrogen functional groups attached to an aromatic ring is 1. The molecule has 1 aromatic heterocycles. The van der Waals surface area contributed by atoms with Gasteiger partial charge in [-0.15, -0.1) is 0 Å². The quantitative estimate of drug-likeness (QED) is 0.597. The SMILES string of the molecule is N=c1ccc(N2CCCCC2)c(N)n1O. The molecule has 2 heterocycles. The van der Waals surface area contributed by atoms with Crippen molar-refractivity contribution in [3.8, 4) is 0 Å². The molecule has 1 saturated heterocycles. The molecule has 1 aromatic rings. The summed E-state index contributed by atoms with van der Waals surface area (Å²) in [5.41, 5.74) is 6.60. The van der Waals surface area contributed by atoms with Crippen LogP contribution in [-0.2, 0) is 0 Å². The molecular weight excluding hydrogens is 192 g/mol. The second-order valence-electron chi connectivity index (χ2n) is 3.85. The summed E-state index contributed by atoms with van der Waals surface area (Å²) in [6.45, 7) is 1.95. The number of nitrogens with zero attached hydrogens (tertiary/aromatic N) is 2. The maximum atomic E-state index is 9.50. The average molecular weight is 208 g/mol. The van der Waals surface area contributed by atoms with Crippen molar-refractivity contribution >= 4 is 11.5 Å². The van der Waals surface area contributed by atoms with Crippen molar-refractivity contribution in [2.75, 3.05) is 23.7 Å². The van der Waals surface area contributed by atoms with Crippen LogP contribution in [0, 0.1) is 5.41 Å². The molecular formula is C10H16N4O. The zero-order valence-corrected chi connectivity index (χ0v) is 8.61. The van der Waals surface area contributed by atoms with Crippen LogP contribution in [-0.4, -0.2) is 23.0 Å². The molecule has 0 bridgehead atoms. The number of piperidine rings is 1. The Hall–Kier alpha value is -1.65. The number of nitrogens with two attached hydrogens (primary N) is 1. The van der Waals surface area contributed by atoms with Crippen LogP contribution in [0.25, 0.3) is 0 Å². The lowest BCUT2D eigenvalue weighted by atomic mass is 10.1. The lowest BCUT2D eigenvalue weighted by Crippen LogP contribution is -2.32. The number of hydrogen-bond acceptors (Lipinski definition) is 4. The molecule has 4 N–H and O–H groups in total. The van der Waals surface area contributed by atoms with E-state index in [0.717, 1.165) is 36.3 Å². The van der Waals surface area contributed by atoms with Crippen LogP contribution < -0.4 is 16.1 Å². The van der Waals surface area contributed by atoms with Gasteiger partial charge in [0.15, 0.2) is 11.3 Å². The highest BCUT2D eigenvalue weighted by atomic mass is 16.5. The van der Waals surface area contributed by atoms with Crippen molar-refractivity contribution in [1.29, 1.82) is 5.41 Å². The van der Waals surface area contributed by atoms with Gasteiger partial charge in [0.2, 0.25) is 0 Å². The first-order valence-corrected chi connectivity index (χ1v) is 5.20. The molecule has 0 atom stereocenters. The molecule has 5 nitrogen and oxygen atoms in total. The average Bonchev–Trinajstić information content (AvgIpc) is 2.27. The van der Waals surface area contributed by atoms with E-state index in [-0.39, 0.29) is 11.3 Å². The van der Waals surface area contributed by atoms with Crippen LogP contribution >= 0.6 is 0 Å². The van der Waals surface area contributed by atoms with E-state index in [9.17, 15) is 5.21 Å². The molecule has 1 fully saturated rings. The Morgan fingerprint density at radius 1 is 1.20 bits per heavy atom. The minimum Gasteiger partial charge on any atom is -0.425 e. The number of pyridine rings is 1. The van der Waals surface area contributed by atoms with Gasteiger partial charge in [0.25, 0.3) is 0 Å². The lowest BCUT2D eigenvalue weighted by molar-refractivity contribution is 0.177. The summed E-state index contributed by atoms with van der Waals surface area (Å²) in [5, 5.41) is 16.9. The van der Waals surface area contributed by atoms with Crippen molar-refractivity contribution in [3.63, 3.8) is 0 Å². The van der Waals surface area contributed by atoms with Gasteiger partial charge in [-0.05, 0) is 31.4 Å². The van der Waals surface area contributed by atoms with Gasteiger partial charge in [0.05, 0.1) is 5.69 Å². The molecule has 15 heavy (non-hydrogen) atoms. The van der Waals surface area contributed by atoms with E-state index in [2.05, 4.69) is 4.90 Å². The monoisotopic (exact) mass is 208 g/mol. The van der Waals surface area contributed by atoms with Gasteiger partial charge in [-0.1, -0.05) is 0 Å². The Labute approximate surface area is 88.2 Å². The first-order valence-electron chi connectivity index (χ1n) is 5.20. The summed E-state index contributed by atoms with van der Waals surface area (Å²) in [6.07, 6.45) is 3.58. The fourth-order valence-corrected chi connectivity index (χ4v) is 1.95. The summed E-state index contributed by atoms with van der Waals surface area (Å²) in [5.74, 6) is 0.254. The molecule has 5 heteroatoms. The van der Waals surface area contributed by atoms with E-state index in [1.165, 1.54) is 6.42 Å². The zero-order chi connectivity index (χ0) is 10.8. The molecule has 0 spiro atoms. The van der Waals surface area contributed by atoms with Crippen molar-refractivity contribution in [3.05, 3.63) is 17.6 Å². The number of hydrogen-bond donors (Lipinski definition) is 3. The fraction of sp³-hybridized carbons (Fsp3) is 0.500. The van der Waals surface area contributed by atoms with Gasteiger partial charge < -0.3 is 15.8 Å². The minimum absolute atomic E-state index is 0.00765. The van der Waals surface area contributed by atoms with Crippen molar-refractivity contribution in [2.24, 2.45) is 0 Å². The third-order valence-corrected chi connectivity index (χ3v) is 2.81. The third-order valence-electron chi connectivity index (χ3n) is 2.81. The fourth-order valence-electron chi connectivity index (χ4n) is 1.95. The largest absolute Gasteiger partial charge is 0.425 e. The van der Waals surface area contributed by atoms with Crippen LogP contribution in [0.15, 0.2) is 12.1 Å². The van der Waals surface area contributed by atoms with Gasteiger partial charge >= 0.3 is 0 Å². The Balaban J connectivity index is 2.35. The Morgan fingerprint density at radius 2 is 1.87 bits per heavy atom. The molecule has 0 amide bonds. The van der Waals surface area contributed by atoms with Gasteiger partial charge in [-0.25, -0.2) is 0 Å². The van der Waals surface area contributed by atoms with Crippen LogP contribution in [0.3, 0.4) is 0 Å². The van der Waals surface area contributed by atoms with Gasteiger partial charge in [-0.2, -0.15) is 4.73 Å². The highest BCUT2D eigenvalue weighted by Crippen LogP contribution is 2.23. The highest BCUT2D eigenvalue weighted by Gasteiger charge is 2.15. The van der Waals surface area contributed by atoms with Gasteiger partial charge in [-0.3, -0.25) is 5.41 Å². The number of aromatic nitrogens is 1. The second kappa shape index (κ2) is 3.84. The van der Waals surface area contributed by atoms with Crippen LogP contribution in [0.5, 0.6) is 0 Å². The topological polar surface area (TPSA) is 78.3 Å². The van der Waals surface area contributed by atoms with Crippen molar-refractivity contribution < 1.29 is 5.21 Å². The molecule has 2 rings (SSSR count). The molecule has 0 saturated carbocycles. The number of nitrogens with one attached hydrogen (secondary N) is 1. The predicted octanol–water partition coefficient (Wildman–Crippen LogP) is 0.777.